The molecule has 7 heteroatoms. The number of hydrogen-bond acceptors (Lipinski definition) is 6. The lowest BCUT2D eigenvalue weighted by atomic mass is 9.93. The largest absolute Gasteiger partial charge is 0.455 e. The lowest BCUT2D eigenvalue weighted by Gasteiger charge is -2.30. The van der Waals surface area contributed by atoms with E-state index in [0.717, 1.165) is 29.7 Å². The number of carbonyl (C=O) groups excluding carboxylic acids is 1. The van der Waals surface area contributed by atoms with Crippen LogP contribution in [0, 0.1) is 6.92 Å². The van der Waals surface area contributed by atoms with Gasteiger partial charge in [0.15, 0.2) is 11.6 Å². The highest BCUT2D eigenvalue weighted by atomic mass is 16.5. The summed E-state index contributed by atoms with van der Waals surface area (Å²) < 4.78 is 11.3. The van der Waals surface area contributed by atoms with Crippen molar-refractivity contribution >= 4 is 5.91 Å². The molecule has 0 radical (unpaired) electrons. The minimum atomic E-state index is -0.124. The van der Waals surface area contributed by atoms with E-state index in [9.17, 15) is 4.79 Å². The normalized spacial score (nSPS) is 15.7. The van der Waals surface area contributed by atoms with Gasteiger partial charge in [0.25, 0.3) is 11.8 Å². The Kier molecular flexibility index (Phi) is 4.98. The smallest absolute Gasteiger partial charge is 0.289 e. The number of pyridine rings is 1. The third-order valence-corrected chi connectivity index (χ3v) is 5.37. The van der Waals surface area contributed by atoms with Gasteiger partial charge in [0.1, 0.15) is 5.76 Å². The number of hydrogen-bond donors (Lipinski definition) is 0. The van der Waals surface area contributed by atoms with Crippen LogP contribution in [0.4, 0.5) is 0 Å². The maximum atomic E-state index is 13.0. The van der Waals surface area contributed by atoms with Crippen molar-refractivity contribution in [3.63, 3.8) is 0 Å². The molecular weight excluding hydrogens is 368 g/mol. The Morgan fingerprint density at radius 2 is 1.86 bits per heavy atom. The van der Waals surface area contributed by atoms with Crippen molar-refractivity contribution in [1.29, 1.82) is 0 Å². The molecule has 1 aliphatic heterocycles. The average molecular weight is 394 g/mol. The van der Waals surface area contributed by atoms with E-state index < -0.39 is 0 Å². The number of aryl methyl sites for hydroxylation is 1. The van der Waals surface area contributed by atoms with Crippen LogP contribution in [0.5, 0.6) is 0 Å². The van der Waals surface area contributed by atoms with Crippen molar-refractivity contribution in [2.24, 2.45) is 0 Å². The van der Waals surface area contributed by atoms with Crippen LogP contribution < -0.4 is 0 Å². The molecule has 4 heterocycles. The molecule has 7 nitrogen and oxygen atoms in total. The number of rotatable bonds is 3. The van der Waals surface area contributed by atoms with Gasteiger partial charge >= 0.3 is 0 Å². The van der Waals surface area contributed by atoms with Gasteiger partial charge in [-0.2, -0.15) is 4.98 Å². The molecule has 0 atom stereocenters. The van der Waals surface area contributed by atoms with Crippen LogP contribution >= 0.6 is 0 Å². The zero-order chi connectivity index (χ0) is 20.6. The number of piperidine rings is 1. The number of amides is 1. The molecule has 0 unspecified atom stereocenters. The summed E-state index contributed by atoms with van der Waals surface area (Å²) in [6, 6.07) is 5.66. The fraction of sp³-hybridized carbons (Fsp3) is 0.455. The molecule has 0 spiro atoms. The summed E-state index contributed by atoms with van der Waals surface area (Å²) in [6.45, 7) is 9.46. The standard InChI is InChI=1S/C22H26N4O3/c1-14-13-17(22(2,3)4)28-18(14)21(27)26-11-7-15(8-12-26)19-24-20(29-25-19)16-5-9-23-10-6-16/h5-6,9-10,13,15H,7-8,11-12H2,1-4H3. The Morgan fingerprint density at radius 1 is 1.17 bits per heavy atom. The maximum absolute atomic E-state index is 13.0. The predicted octanol–water partition coefficient (Wildman–Crippen LogP) is 4.35. The first-order valence-corrected chi connectivity index (χ1v) is 9.97. The quantitative estimate of drug-likeness (QED) is 0.656. The number of nitrogens with zero attached hydrogens (tertiary/aromatic N) is 4. The number of furan rings is 1. The van der Waals surface area contributed by atoms with Gasteiger partial charge in [-0.3, -0.25) is 9.78 Å². The van der Waals surface area contributed by atoms with Crippen LogP contribution in [0.3, 0.4) is 0 Å². The van der Waals surface area contributed by atoms with Crippen molar-refractivity contribution in [2.75, 3.05) is 13.1 Å². The minimum Gasteiger partial charge on any atom is -0.455 e. The molecule has 0 N–H and O–H groups in total. The fourth-order valence-corrected chi connectivity index (χ4v) is 3.56. The van der Waals surface area contributed by atoms with Crippen molar-refractivity contribution < 1.29 is 13.7 Å². The molecular formula is C22H26N4O3. The van der Waals surface area contributed by atoms with E-state index in [1.165, 1.54) is 0 Å². The van der Waals surface area contributed by atoms with Gasteiger partial charge in [-0.25, -0.2) is 0 Å². The molecule has 3 aromatic rings. The first-order valence-electron chi connectivity index (χ1n) is 9.97. The van der Waals surface area contributed by atoms with Crippen LogP contribution in [0.1, 0.15) is 67.2 Å². The Morgan fingerprint density at radius 3 is 2.48 bits per heavy atom. The second-order valence-electron chi connectivity index (χ2n) is 8.63. The topological polar surface area (TPSA) is 85.3 Å². The summed E-state index contributed by atoms with van der Waals surface area (Å²) >= 11 is 0. The van der Waals surface area contributed by atoms with Gasteiger partial charge in [-0.1, -0.05) is 25.9 Å². The van der Waals surface area contributed by atoms with Crippen molar-refractivity contribution in [1.82, 2.24) is 20.0 Å². The summed E-state index contributed by atoms with van der Waals surface area (Å²) in [4.78, 5) is 23.4. The van der Waals surface area contributed by atoms with E-state index in [2.05, 4.69) is 35.9 Å². The maximum Gasteiger partial charge on any atom is 0.289 e. The first kappa shape index (κ1) is 19.4. The van der Waals surface area contributed by atoms with Crippen LogP contribution in [-0.2, 0) is 5.41 Å². The van der Waals surface area contributed by atoms with E-state index in [1.54, 1.807) is 12.4 Å². The van der Waals surface area contributed by atoms with Gasteiger partial charge in [-0.15, -0.1) is 0 Å². The Hall–Kier alpha value is -2.96. The van der Waals surface area contributed by atoms with Crippen molar-refractivity contribution in [3.05, 3.63) is 53.5 Å². The molecule has 0 saturated carbocycles. The summed E-state index contributed by atoms with van der Waals surface area (Å²) in [5.74, 6) is 2.63. The molecule has 152 valence electrons. The lowest BCUT2D eigenvalue weighted by molar-refractivity contribution is 0.0674. The third-order valence-electron chi connectivity index (χ3n) is 5.37. The summed E-state index contributed by atoms with van der Waals surface area (Å²) in [6.07, 6.45) is 5.00. The second kappa shape index (κ2) is 7.46. The van der Waals surface area contributed by atoms with Gasteiger partial charge in [0, 0.05) is 47.9 Å². The molecule has 1 aliphatic rings. The van der Waals surface area contributed by atoms with E-state index in [1.807, 2.05) is 30.0 Å². The first-order chi connectivity index (χ1) is 13.8. The lowest BCUT2D eigenvalue weighted by Crippen LogP contribution is -2.38. The number of carbonyl (C=O) groups is 1. The van der Waals surface area contributed by atoms with Gasteiger partial charge in [0.05, 0.1) is 0 Å². The second-order valence-corrected chi connectivity index (χ2v) is 8.63. The van der Waals surface area contributed by atoms with Crippen molar-refractivity contribution in [2.45, 2.75) is 51.9 Å². The Labute approximate surface area is 170 Å². The number of likely N-dealkylation sites (tertiary alicyclic amines) is 1. The SMILES string of the molecule is Cc1cc(C(C)(C)C)oc1C(=O)N1CCC(c2noc(-c3ccncc3)n2)CC1. The van der Waals surface area contributed by atoms with Gasteiger partial charge in [0.2, 0.25) is 0 Å². The van der Waals surface area contributed by atoms with Crippen molar-refractivity contribution in [3.8, 4) is 11.5 Å². The summed E-state index contributed by atoms with van der Waals surface area (Å²) in [5.41, 5.74) is 1.62. The van der Waals surface area contributed by atoms with Crippen LogP contribution in [0.2, 0.25) is 0 Å². The van der Waals surface area contributed by atoms with Crippen LogP contribution in [0.25, 0.3) is 11.5 Å². The monoisotopic (exact) mass is 394 g/mol. The zero-order valence-corrected chi connectivity index (χ0v) is 17.3. The minimum absolute atomic E-state index is 0.0398. The van der Waals surface area contributed by atoms with E-state index in [-0.39, 0.29) is 17.2 Å². The highest BCUT2D eigenvalue weighted by molar-refractivity contribution is 5.93. The molecule has 3 aromatic heterocycles. The Balaban J connectivity index is 1.42. The molecule has 0 aromatic carbocycles. The van der Waals surface area contributed by atoms with E-state index in [4.69, 9.17) is 8.94 Å². The molecule has 29 heavy (non-hydrogen) atoms. The Bertz CT molecular complexity index is 993. The molecule has 1 fully saturated rings. The molecule has 0 bridgehead atoms. The van der Waals surface area contributed by atoms with Crippen LogP contribution in [0.15, 0.2) is 39.5 Å². The summed E-state index contributed by atoms with van der Waals surface area (Å²) in [5, 5.41) is 4.16. The average Bonchev–Trinajstić information content (AvgIpc) is 3.35. The summed E-state index contributed by atoms with van der Waals surface area (Å²) in [7, 11) is 0. The molecule has 4 rings (SSSR count). The van der Waals surface area contributed by atoms with Crippen LogP contribution in [-0.4, -0.2) is 39.0 Å². The van der Waals surface area contributed by atoms with E-state index >= 15 is 0 Å². The highest BCUT2D eigenvalue weighted by Crippen LogP contribution is 2.31. The third kappa shape index (κ3) is 3.95. The highest BCUT2D eigenvalue weighted by Gasteiger charge is 2.31. The fourth-order valence-electron chi connectivity index (χ4n) is 3.56. The van der Waals surface area contributed by atoms with Gasteiger partial charge in [-0.05, 0) is 38.0 Å². The number of aromatic nitrogens is 3. The zero-order valence-electron chi connectivity index (χ0n) is 17.3. The molecule has 0 aliphatic carbocycles. The predicted molar refractivity (Wildman–Crippen MR) is 108 cm³/mol. The van der Waals surface area contributed by atoms with E-state index in [0.29, 0.717) is 30.6 Å². The molecule has 1 amide bonds. The van der Waals surface area contributed by atoms with Gasteiger partial charge < -0.3 is 13.8 Å². The molecule has 1 saturated heterocycles.